The molecule has 2 atom stereocenters. The molecule has 0 fully saturated rings. The number of anilines is 2. The van der Waals surface area contributed by atoms with E-state index < -0.39 is 24.5 Å². The van der Waals surface area contributed by atoms with Crippen LogP contribution in [0.3, 0.4) is 0 Å². The Hall–Kier alpha value is -4.86. The molecule has 224 valence electrons. The number of methoxy groups -OCH3 is 2. The van der Waals surface area contributed by atoms with E-state index in [2.05, 4.69) is 15.5 Å². The summed E-state index contributed by atoms with van der Waals surface area (Å²) in [6.07, 6.45) is -2.58. The number of aliphatic hydroxyl groups excluding tert-OH is 1. The Kier molecular flexibility index (Phi) is 11.1. The van der Waals surface area contributed by atoms with Crippen LogP contribution in [0.1, 0.15) is 29.5 Å². The molecule has 0 spiro atoms. The standard InChI is InChI=1S/C34H37N3O6/c1-24(38)32(43-30-12-8-5-9-13-30)37(22-25-10-6-4-7-11-25)23-31(26-14-18-28(19-15-26)35-33(39)41-2)27-16-20-29(21-17-27)36-34(40)42-3/h4-21,24,31-32,38H,22-23H2,1-3H3,(H,35,39)(H,36,40). The van der Waals surface area contributed by atoms with Gasteiger partial charge >= 0.3 is 12.2 Å². The molecule has 4 rings (SSSR count). The lowest BCUT2D eigenvalue weighted by Gasteiger charge is -2.36. The Morgan fingerprint density at radius 2 is 1.19 bits per heavy atom. The van der Waals surface area contributed by atoms with Crippen LogP contribution in [0, 0.1) is 0 Å². The molecule has 0 radical (unpaired) electrons. The highest BCUT2D eigenvalue weighted by atomic mass is 16.5. The number of para-hydroxylation sites is 1. The summed E-state index contributed by atoms with van der Waals surface area (Å²) < 4.78 is 15.8. The molecule has 43 heavy (non-hydrogen) atoms. The van der Waals surface area contributed by atoms with Crippen molar-refractivity contribution in [3.63, 3.8) is 0 Å². The zero-order valence-electron chi connectivity index (χ0n) is 24.5. The predicted molar refractivity (Wildman–Crippen MR) is 166 cm³/mol. The number of nitrogens with one attached hydrogen (secondary N) is 2. The van der Waals surface area contributed by atoms with Crippen LogP contribution in [0.4, 0.5) is 21.0 Å². The van der Waals surface area contributed by atoms with Gasteiger partial charge in [0.2, 0.25) is 0 Å². The van der Waals surface area contributed by atoms with Gasteiger partial charge in [-0.15, -0.1) is 0 Å². The average molecular weight is 584 g/mol. The van der Waals surface area contributed by atoms with Crippen LogP contribution >= 0.6 is 0 Å². The molecular weight excluding hydrogens is 546 g/mol. The molecule has 9 heteroatoms. The van der Waals surface area contributed by atoms with E-state index in [1.807, 2.05) is 109 Å². The van der Waals surface area contributed by atoms with Crippen LogP contribution in [0.15, 0.2) is 109 Å². The van der Waals surface area contributed by atoms with Crippen molar-refractivity contribution >= 4 is 23.6 Å². The Bertz CT molecular complexity index is 1370. The zero-order chi connectivity index (χ0) is 30.6. The Labute approximate surface area is 252 Å². The average Bonchev–Trinajstić information content (AvgIpc) is 3.03. The second-order valence-electron chi connectivity index (χ2n) is 10.0. The number of rotatable bonds is 12. The second kappa shape index (κ2) is 15.4. The van der Waals surface area contributed by atoms with Gasteiger partial charge in [0.15, 0.2) is 6.23 Å². The molecule has 3 N–H and O–H groups in total. The van der Waals surface area contributed by atoms with E-state index in [1.165, 1.54) is 14.2 Å². The number of carbonyl (C=O) groups excluding carboxylic acids is 2. The van der Waals surface area contributed by atoms with Gasteiger partial charge in [0, 0.05) is 30.4 Å². The highest BCUT2D eigenvalue weighted by Gasteiger charge is 2.29. The third-order valence-electron chi connectivity index (χ3n) is 6.91. The fourth-order valence-electron chi connectivity index (χ4n) is 4.77. The van der Waals surface area contributed by atoms with Gasteiger partial charge < -0.3 is 19.3 Å². The highest BCUT2D eigenvalue weighted by molar-refractivity contribution is 5.85. The summed E-state index contributed by atoms with van der Waals surface area (Å²) >= 11 is 0. The van der Waals surface area contributed by atoms with Crippen LogP contribution in [0.5, 0.6) is 5.75 Å². The van der Waals surface area contributed by atoms with E-state index in [0.717, 1.165) is 16.7 Å². The van der Waals surface area contributed by atoms with E-state index in [0.29, 0.717) is 30.2 Å². The second-order valence-corrected chi connectivity index (χ2v) is 10.0. The van der Waals surface area contributed by atoms with E-state index in [4.69, 9.17) is 14.2 Å². The number of nitrogens with zero attached hydrogens (tertiary/aromatic N) is 1. The van der Waals surface area contributed by atoms with Crippen molar-refractivity contribution in [3.05, 3.63) is 126 Å². The topological polar surface area (TPSA) is 109 Å². The minimum Gasteiger partial charge on any atom is -0.472 e. The van der Waals surface area contributed by atoms with Gasteiger partial charge in [-0.3, -0.25) is 15.5 Å². The SMILES string of the molecule is COC(=O)Nc1ccc(C(CN(Cc2ccccc2)C(Oc2ccccc2)C(C)O)c2ccc(NC(=O)OC)cc2)cc1. The maximum atomic E-state index is 11.7. The molecule has 2 unspecified atom stereocenters. The van der Waals surface area contributed by atoms with Crippen molar-refractivity contribution < 1.29 is 28.9 Å². The largest absolute Gasteiger partial charge is 0.472 e. The molecule has 0 aromatic heterocycles. The summed E-state index contributed by atoms with van der Waals surface area (Å²) in [5.74, 6) is 0.475. The van der Waals surface area contributed by atoms with Crippen molar-refractivity contribution in [1.82, 2.24) is 4.90 Å². The maximum Gasteiger partial charge on any atom is 0.411 e. The monoisotopic (exact) mass is 583 g/mol. The summed E-state index contributed by atoms with van der Waals surface area (Å²) in [7, 11) is 2.63. The Morgan fingerprint density at radius 3 is 1.63 bits per heavy atom. The van der Waals surface area contributed by atoms with Crippen LogP contribution in [0.25, 0.3) is 0 Å². The molecule has 0 saturated carbocycles. The number of benzene rings is 4. The van der Waals surface area contributed by atoms with Gasteiger partial charge in [0.05, 0.1) is 14.2 Å². The minimum absolute atomic E-state index is 0.177. The molecule has 4 aromatic rings. The summed E-state index contributed by atoms with van der Waals surface area (Å²) in [4.78, 5) is 25.6. The van der Waals surface area contributed by atoms with Gasteiger partial charge in [0.1, 0.15) is 11.9 Å². The smallest absolute Gasteiger partial charge is 0.411 e. The lowest BCUT2D eigenvalue weighted by Crippen LogP contribution is -2.47. The summed E-state index contributed by atoms with van der Waals surface area (Å²) in [6, 6.07) is 34.6. The molecule has 4 aromatic carbocycles. The van der Waals surface area contributed by atoms with Crippen LogP contribution in [0.2, 0.25) is 0 Å². The number of carbonyl (C=O) groups is 2. The van der Waals surface area contributed by atoms with Gasteiger partial charge in [-0.1, -0.05) is 72.8 Å². The first-order valence-corrected chi connectivity index (χ1v) is 13.9. The summed E-state index contributed by atoms with van der Waals surface area (Å²) in [5, 5.41) is 16.4. The van der Waals surface area contributed by atoms with Crippen molar-refractivity contribution in [1.29, 1.82) is 0 Å². The summed E-state index contributed by atoms with van der Waals surface area (Å²) in [5.41, 5.74) is 4.22. The van der Waals surface area contributed by atoms with Crippen molar-refractivity contribution in [2.45, 2.75) is 31.7 Å². The molecule has 0 heterocycles. The number of hydrogen-bond donors (Lipinski definition) is 3. The van der Waals surface area contributed by atoms with Crippen molar-refractivity contribution in [2.24, 2.45) is 0 Å². The molecule has 9 nitrogen and oxygen atoms in total. The molecule has 0 saturated heterocycles. The Balaban J connectivity index is 1.72. The first-order chi connectivity index (χ1) is 20.9. The molecule has 0 aliphatic carbocycles. The lowest BCUT2D eigenvalue weighted by molar-refractivity contribution is -0.0638. The third-order valence-corrected chi connectivity index (χ3v) is 6.91. The normalized spacial score (nSPS) is 12.3. The zero-order valence-corrected chi connectivity index (χ0v) is 24.5. The third kappa shape index (κ3) is 9.06. The van der Waals surface area contributed by atoms with Crippen LogP contribution < -0.4 is 15.4 Å². The maximum absolute atomic E-state index is 11.7. The lowest BCUT2D eigenvalue weighted by atomic mass is 9.90. The molecule has 0 aliphatic rings. The van der Waals surface area contributed by atoms with Crippen molar-refractivity contribution in [3.8, 4) is 5.75 Å². The first kappa shape index (κ1) is 31.1. The number of aliphatic hydroxyl groups is 1. The molecule has 2 amide bonds. The van der Waals surface area contributed by atoms with Gasteiger partial charge in [0.25, 0.3) is 0 Å². The van der Waals surface area contributed by atoms with E-state index in [1.54, 1.807) is 6.92 Å². The van der Waals surface area contributed by atoms with Crippen molar-refractivity contribution in [2.75, 3.05) is 31.4 Å². The predicted octanol–water partition coefficient (Wildman–Crippen LogP) is 6.46. The Morgan fingerprint density at radius 1 is 0.721 bits per heavy atom. The highest BCUT2D eigenvalue weighted by Crippen LogP contribution is 2.30. The van der Waals surface area contributed by atoms with Crippen LogP contribution in [-0.4, -0.2) is 55.3 Å². The molecular formula is C34H37N3O6. The fourth-order valence-corrected chi connectivity index (χ4v) is 4.77. The quantitative estimate of drug-likeness (QED) is 0.164. The summed E-state index contributed by atoms with van der Waals surface area (Å²) in [6.45, 7) is 2.72. The fraction of sp³-hybridized carbons (Fsp3) is 0.235. The van der Waals surface area contributed by atoms with Gasteiger partial charge in [-0.2, -0.15) is 0 Å². The van der Waals surface area contributed by atoms with E-state index in [9.17, 15) is 14.7 Å². The molecule has 0 aliphatic heterocycles. The van der Waals surface area contributed by atoms with Crippen LogP contribution in [-0.2, 0) is 16.0 Å². The van der Waals surface area contributed by atoms with E-state index >= 15 is 0 Å². The minimum atomic E-state index is -0.817. The number of hydrogen-bond acceptors (Lipinski definition) is 7. The number of ether oxygens (including phenoxy) is 3. The van der Waals surface area contributed by atoms with E-state index in [-0.39, 0.29) is 5.92 Å². The van der Waals surface area contributed by atoms with Gasteiger partial charge in [-0.05, 0) is 60.0 Å². The molecule has 0 bridgehead atoms. The first-order valence-electron chi connectivity index (χ1n) is 13.9. The van der Waals surface area contributed by atoms with Gasteiger partial charge in [-0.25, -0.2) is 9.59 Å². The number of amides is 2.